The first-order valence-corrected chi connectivity index (χ1v) is 8.94. The minimum absolute atomic E-state index is 0.0368. The number of anilines is 2. The predicted octanol–water partition coefficient (Wildman–Crippen LogP) is 3.56. The van der Waals surface area contributed by atoms with Gasteiger partial charge in [0.05, 0.1) is 17.4 Å². The topological polar surface area (TPSA) is 48.5 Å². The zero-order valence-electron chi connectivity index (χ0n) is 14.6. The van der Waals surface area contributed by atoms with Crippen LogP contribution in [0.15, 0.2) is 36.7 Å². The molecule has 0 saturated carbocycles. The first-order chi connectivity index (χ1) is 12.1. The quantitative estimate of drug-likeness (QED) is 0.907. The number of hydrogen-bond acceptors (Lipinski definition) is 4. The van der Waals surface area contributed by atoms with Gasteiger partial charge in [-0.1, -0.05) is 24.6 Å². The van der Waals surface area contributed by atoms with Crippen molar-refractivity contribution in [1.82, 2.24) is 14.8 Å². The summed E-state index contributed by atoms with van der Waals surface area (Å²) < 4.78 is 0. The lowest BCUT2D eigenvalue weighted by Crippen LogP contribution is -2.48. The first-order valence-electron chi connectivity index (χ1n) is 8.56. The summed E-state index contributed by atoms with van der Waals surface area (Å²) in [5.41, 5.74) is 3.38. The standard InChI is InChI=1S/C19H23ClN4O/c1-3-23-6-8-24(9-7-23)19(25)15-10-17(13-21-12-15)22-18-11-16(20)5-4-14(18)2/h4-5,10-13,22H,3,6-9H2,1-2H3. The molecule has 5 nitrogen and oxygen atoms in total. The van der Waals surface area contributed by atoms with Gasteiger partial charge in [-0.2, -0.15) is 0 Å². The monoisotopic (exact) mass is 358 g/mol. The van der Waals surface area contributed by atoms with Crippen LogP contribution in [0.3, 0.4) is 0 Å². The second kappa shape index (κ2) is 7.85. The van der Waals surface area contributed by atoms with E-state index in [9.17, 15) is 4.79 Å². The molecule has 0 unspecified atom stereocenters. The van der Waals surface area contributed by atoms with Crippen molar-refractivity contribution in [3.63, 3.8) is 0 Å². The number of aryl methyl sites for hydroxylation is 1. The van der Waals surface area contributed by atoms with Crippen LogP contribution in [0.4, 0.5) is 11.4 Å². The Kier molecular flexibility index (Phi) is 5.56. The van der Waals surface area contributed by atoms with Crippen LogP contribution in [0.5, 0.6) is 0 Å². The van der Waals surface area contributed by atoms with E-state index < -0.39 is 0 Å². The van der Waals surface area contributed by atoms with Crippen molar-refractivity contribution < 1.29 is 4.79 Å². The summed E-state index contributed by atoms with van der Waals surface area (Å²) in [6.07, 6.45) is 3.34. The third kappa shape index (κ3) is 4.30. The summed E-state index contributed by atoms with van der Waals surface area (Å²) in [5.74, 6) is 0.0368. The Morgan fingerprint density at radius 1 is 1.20 bits per heavy atom. The third-order valence-corrected chi connectivity index (χ3v) is 4.81. The number of nitrogens with one attached hydrogen (secondary N) is 1. The number of benzene rings is 1. The molecule has 2 aromatic rings. The van der Waals surface area contributed by atoms with Crippen molar-refractivity contribution in [1.29, 1.82) is 0 Å². The van der Waals surface area contributed by atoms with E-state index in [1.807, 2.05) is 36.1 Å². The lowest BCUT2D eigenvalue weighted by molar-refractivity contribution is 0.0643. The number of halogens is 1. The fraction of sp³-hybridized carbons (Fsp3) is 0.368. The van der Waals surface area contributed by atoms with Crippen molar-refractivity contribution in [3.8, 4) is 0 Å². The Morgan fingerprint density at radius 2 is 1.96 bits per heavy atom. The molecule has 1 aromatic heterocycles. The number of rotatable bonds is 4. The highest BCUT2D eigenvalue weighted by Crippen LogP contribution is 2.24. The Hall–Kier alpha value is -2.11. The molecule has 0 bridgehead atoms. The summed E-state index contributed by atoms with van der Waals surface area (Å²) in [6, 6.07) is 7.54. The number of hydrogen-bond donors (Lipinski definition) is 1. The number of carbonyl (C=O) groups excluding carboxylic acids is 1. The van der Waals surface area contributed by atoms with Gasteiger partial charge in [-0.25, -0.2) is 0 Å². The molecule has 1 saturated heterocycles. The number of amides is 1. The summed E-state index contributed by atoms with van der Waals surface area (Å²) in [4.78, 5) is 21.2. The van der Waals surface area contributed by atoms with E-state index in [2.05, 4.69) is 22.1 Å². The van der Waals surface area contributed by atoms with Crippen LogP contribution in [0.2, 0.25) is 5.02 Å². The molecule has 1 aliphatic rings. The molecule has 2 heterocycles. The molecular formula is C19H23ClN4O. The minimum atomic E-state index is 0.0368. The Bertz CT molecular complexity index is 757. The van der Waals surface area contributed by atoms with Gasteiger partial charge in [-0.3, -0.25) is 9.78 Å². The van der Waals surface area contributed by atoms with E-state index in [0.29, 0.717) is 10.6 Å². The van der Waals surface area contributed by atoms with Gasteiger partial charge in [0.2, 0.25) is 0 Å². The van der Waals surface area contributed by atoms with Crippen LogP contribution < -0.4 is 5.32 Å². The fourth-order valence-electron chi connectivity index (χ4n) is 2.96. The number of nitrogens with zero attached hydrogens (tertiary/aromatic N) is 3. The third-order valence-electron chi connectivity index (χ3n) is 4.57. The number of carbonyl (C=O) groups is 1. The van der Waals surface area contributed by atoms with E-state index in [4.69, 9.17) is 11.6 Å². The van der Waals surface area contributed by atoms with Crippen molar-refractivity contribution >= 4 is 28.9 Å². The number of likely N-dealkylation sites (N-methyl/N-ethyl adjacent to an activating group) is 1. The molecule has 1 amide bonds. The molecule has 1 fully saturated rings. The smallest absolute Gasteiger partial charge is 0.255 e. The molecule has 1 aliphatic heterocycles. The number of pyridine rings is 1. The Morgan fingerprint density at radius 3 is 2.68 bits per heavy atom. The molecule has 1 N–H and O–H groups in total. The minimum Gasteiger partial charge on any atom is -0.354 e. The van der Waals surface area contributed by atoms with Gasteiger partial charge in [-0.05, 0) is 37.2 Å². The van der Waals surface area contributed by atoms with Gasteiger partial charge in [0, 0.05) is 43.1 Å². The summed E-state index contributed by atoms with van der Waals surface area (Å²) in [6.45, 7) is 8.56. The predicted molar refractivity (Wildman–Crippen MR) is 102 cm³/mol. The number of piperazine rings is 1. The average molecular weight is 359 g/mol. The van der Waals surface area contributed by atoms with Gasteiger partial charge in [0.1, 0.15) is 0 Å². The zero-order valence-corrected chi connectivity index (χ0v) is 15.4. The Labute approximate surface area is 153 Å². The maximum atomic E-state index is 12.7. The average Bonchev–Trinajstić information content (AvgIpc) is 2.64. The molecule has 3 rings (SSSR count). The molecule has 25 heavy (non-hydrogen) atoms. The molecule has 6 heteroatoms. The molecule has 1 aromatic carbocycles. The van der Waals surface area contributed by atoms with Gasteiger partial charge >= 0.3 is 0 Å². The second-order valence-corrected chi connectivity index (χ2v) is 6.71. The van der Waals surface area contributed by atoms with E-state index in [1.165, 1.54) is 0 Å². The van der Waals surface area contributed by atoms with Gasteiger partial charge in [0.15, 0.2) is 0 Å². The number of aromatic nitrogens is 1. The van der Waals surface area contributed by atoms with E-state index in [1.54, 1.807) is 12.4 Å². The van der Waals surface area contributed by atoms with Crippen LogP contribution in [-0.4, -0.2) is 53.4 Å². The van der Waals surface area contributed by atoms with Crippen LogP contribution >= 0.6 is 11.6 Å². The van der Waals surface area contributed by atoms with E-state index in [-0.39, 0.29) is 5.91 Å². The van der Waals surface area contributed by atoms with Crippen molar-refractivity contribution in [3.05, 3.63) is 52.8 Å². The van der Waals surface area contributed by atoms with Crippen molar-refractivity contribution in [2.75, 3.05) is 38.0 Å². The first kappa shape index (κ1) is 17.7. The molecule has 0 aliphatic carbocycles. The largest absolute Gasteiger partial charge is 0.354 e. The second-order valence-electron chi connectivity index (χ2n) is 6.27. The van der Waals surface area contributed by atoms with Gasteiger partial charge in [-0.15, -0.1) is 0 Å². The van der Waals surface area contributed by atoms with Crippen LogP contribution in [0.25, 0.3) is 0 Å². The molecule has 0 radical (unpaired) electrons. The normalized spacial score (nSPS) is 15.2. The highest BCUT2D eigenvalue weighted by Gasteiger charge is 2.21. The molecule has 132 valence electrons. The fourth-order valence-corrected chi connectivity index (χ4v) is 3.13. The van der Waals surface area contributed by atoms with Crippen molar-refractivity contribution in [2.45, 2.75) is 13.8 Å². The lowest BCUT2D eigenvalue weighted by Gasteiger charge is -2.34. The highest BCUT2D eigenvalue weighted by atomic mass is 35.5. The van der Waals surface area contributed by atoms with Crippen LogP contribution in [-0.2, 0) is 0 Å². The molecule has 0 spiro atoms. The van der Waals surface area contributed by atoms with Crippen LogP contribution in [0, 0.1) is 6.92 Å². The zero-order chi connectivity index (χ0) is 17.8. The molecular weight excluding hydrogens is 336 g/mol. The lowest BCUT2D eigenvalue weighted by atomic mass is 10.1. The highest BCUT2D eigenvalue weighted by molar-refractivity contribution is 6.30. The summed E-state index contributed by atoms with van der Waals surface area (Å²) >= 11 is 6.07. The van der Waals surface area contributed by atoms with E-state index >= 15 is 0 Å². The summed E-state index contributed by atoms with van der Waals surface area (Å²) in [7, 11) is 0. The maximum Gasteiger partial charge on any atom is 0.255 e. The summed E-state index contributed by atoms with van der Waals surface area (Å²) in [5, 5.41) is 3.97. The van der Waals surface area contributed by atoms with Crippen LogP contribution in [0.1, 0.15) is 22.8 Å². The SMILES string of the molecule is CCN1CCN(C(=O)c2cncc(Nc3cc(Cl)ccc3C)c2)CC1. The van der Waals surface area contributed by atoms with E-state index in [0.717, 1.165) is 49.7 Å². The van der Waals surface area contributed by atoms with Gasteiger partial charge < -0.3 is 15.1 Å². The van der Waals surface area contributed by atoms with Gasteiger partial charge in [0.25, 0.3) is 5.91 Å². The maximum absolute atomic E-state index is 12.7. The Balaban J connectivity index is 1.73. The van der Waals surface area contributed by atoms with Crippen molar-refractivity contribution in [2.24, 2.45) is 0 Å². The molecule has 0 atom stereocenters.